The third-order valence-electron chi connectivity index (χ3n) is 5.19. The van der Waals surface area contributed by atoms with E-state index in [2.05, 4.69) is 10.3 Å². The Hall–Kier alpha value is -2.19. The van der Waals surface area contributed by atoms with Crippen LogP contribution in [0.1, 0.15) is 54.2 Å². The standard InChI is InChI=1S/C18H26N4O4/c1-10(23)15(19)16(24)20-8-11-7-13-14(21-17(11)26-2)9-22(18(13)25)12-5-3-4-6-12/h7,10,12,15,23H,3-6,8-9,19H2,1-2H3,(H,20,24)/t10-,15+/m1/s1. The predicted molar refractivity (Wildman–Crippen MR) is 94.4 cm³/mol. The summed E-state index contributed by atoms with van der Waals surface area (Å²) in [7, 11) is 1.51. The maximum absolute atomic E-state index is 12.8. The predicted octanol–water partition coefficient (Wildman–Crippen LogP) is 0.313. The summed E-state index contributed by atoms with van der Waals surface area (Å²) in [4.78, 5) is 31.1. The molecule has 26 heavy (non-hydrogen) atoms. The van der Waals surface area contributed by atoms with Crippen LogP contribution in [0.25, 0.3) is 0 Å². The van der Waals surface area contributed by atoms with Gasteiger partial charge in [0.2, 0.25) is 11.8 Å². The second-order valence-corrected chi connectivity index (χ2v) is 7.01. The van der Waals surface area contributed by atoms with E-state index in [4.69, 9.17) is 10.5 Å². The van der Waals surface area contributed by atoms with Gasteiger partial charge in [-0.3, -0.25) is 9.59 Å². The van der Waals surface area contributed by atoms with Gasteiger partial charge in [-0.05, 0) is 25.8 Å². The zero-order valence-corrected chi connectivity index (χ0v) is 15.2. The molecule has 1 fully saturated rings. The minimum atomic E-state index is -1.01. The number of aliphatic hydroxyl groups excluding tert-OH is 1. The van der Waals surface area contributed by atoms with Crippen LogP contribution in [-0.2, 0) is 17.9 Å². The van der Waals surface area contributed by atoms with Crippen molar-refractivity contribution >= 4 is 11.8 Å². The van der Waals surface area contributed by atoms with Gasteiger partial charge in [-0.25, -0.2) is 4.98 Å². The molecule has 1 aliphatic carbocycles. The molecule has 0 bridgehead atoms. The van der Waals surface area contributed by atoms with Gasteiger partial charge in [-0.2, -0.15) is 0 Å². The highest BCUT2D eigenvalue weighted by atomic mass is 16.5. The minimum absolute atomic E-state index is 0.00434. The fourth-order valence-corrected chi connectivity index (χ4v) is 3.60. The van der Waals surface area contributed by atoms with Gasteiger partial charge in [0.05, 0.1) is 31.0 Å². The van der Waals surface area contributed by atoms with Crippen LogP contribution >= 0.6 is 0 Å². The number of hydrogen-bond donors (Lipinski definition) is 3. The highest BCUT2D eigenvalue weighted by Gasteiger charge is 2.36. The van der Waals surface area contributed by atoms with Crippen molar-refractivity contribution in [2.75, 3.05) is 7.11 Å². The van der Waals surface area contributed by atoms with Crippen molar-refractivity contribution < 1.29 is 19.4 Å². The molecular weight excluding hydrogens is 336 g/mol. The maximum Gasteiger partial charge on any atom is 0.256 e. The molecule has 0 spiro atoms. The van der Waals surface area contributed by atoms with Crippen molar-refractivity contribution in [1.82, 2.24) is 15.2 Å². The number of carbonyl (C=O) groups excluding carboxylic acids is 2. The molecule has 1 aromatic rings. The Kier molecular flexibility index (Phi) is 5.43. The van der Waals surface area contributed by atoms with Crippen molar-refractivity contribution in [1.29, 1.82) is 0 Å². The first-order valence-corrected chi connectivity index (χ1v) is 9.01. The molecule has 0 aromatic carbocycles. The molecule has 2 atom stereocenters. The third-order valence-corrected chi connectivity index (χ3v) is 5.19. The van der Waals surface area contributed by atoms with Crippen molar-refractivity contribution in [2.45, 2.75) is 63.9 Å². The SMILES string of the molecule is COc1nc2c(cc1CNC(=O)[C@@H](N)[C@@H](C)O)C(=O)N(C1CCCC1)C2. The summed E-state index contributed by atoms with van der Waals surface area (Å²) in [5.74, 6) is -0.0903. The van der Waals surface area contributed by atoms with Gasteiger partial charge in [0.25, 0.3) is 5.91 Å². The quantitative estimate of drug-likeness (QED) is 0.670. The number of nitrogens with two attached hydrogens (primary N) is 1. The molecule has 8 heteroatoms. The Morgan fingerprint density at radius 1 is 1.50 bits per heavy atom. The molecule has 1 aliphatic heterocycles. The number of aliphatic hydroxyl groups is 1. The number of carbonyl (C=O) groups is 2. The summed E-state index contributed by atoms with van der Waals surface area (Å²) in [6.07, 6.45) is 3.44. The summed E-state index contributed by atoms with van der Waals surface area (Å²) < 4.78 is 5.33. The van der Waals surface area contributed by atoms with Gasteiger partial charge in [0, 0.05) is 18.2 Å². The number of ether oxygens (including phenoxy) is 1. The van der Waals surface area contributed by atoms with Gasteiger partial charge in [-0.15, -0.1) is 0 Å². The van der Waals surface area contributed by atoms with E-state index in [9.17, 15) is 14.7 Å². The fourth-order valence-electron chi connectivity index (χ4n) is 3.60. The smallest absolute Gasteiger partial charge is 0.256 e. The topological polar surface area (TPSA) is 118 Å². The van der Waals surface area contributed by atoms with Crippen LogP contribution in [0.5, 0.6) is 5.88 Å². The molecule has 0 saturated heterocycles. The van der Waals surface area contributed by atoms with Gasteiger partial charge in [0.1, 0.15) is 6.04 Å². The van der Waals surface area contributed by atoms with Crippen LogP contribution in [0.15, 0.2) is 6.07 Å². The molecule has 142 valence electrons. The van der Waals surface area contributed by atoms with Crippen LogP contribution in [0.2, 0.25) is 0 Å². The van der Waals surface area contributed by atoms with Gasteiger partial charge in [-0.1, -0.05) is 12.8 Å². The molecular formula is C18H26N4O4. The first-order chi connectivity index (χ1) is 12.4. The van der Waals surface area contributed by atoms with Crippen LogP contribution in [0.3, 0.4) is 0 Å². The Balaban J connectivity index is 1.77. The van der Waals surface area contributed by atoms with E-state index in [1.54, 1.807) is 6.07 Å². The Morgan fingerprint density at radius 3 is 2.81 bits per heavy atom. The summed E-state index contributed by atoms with van der Waals surface area (Å²) in [5, 5.41) is 12.1. The van der Waals surface area contributed by atoms with E-state index in [0.29, 0.717) is 23.6 Å². The highest BCUT2D eigenvalue weighted by molar-refractivity contribution is 5.98. The summed E-state index contributed by atoms with van der Waals surface area (Å²) >= 11 is 0. The van der Waals surface area contributed by atoms with Crippen molar-refractivity contribution in [2.24, 2.45) is 5.73 Å². The van der Waals surface area contributed by atoms with Crippen molar-refractivity contribution in [3.63, 3.8) is 0 Å². The summed E-state index contributed by atoms with van der Waals surface area (Å²) in [6, 6.07) is 1.02. The lowest BCUT2D eigenvalue weighted by molar-refractivity contribution is -0.124. The molecule has 3 rings (SSSR count). The fraction of sp³-hybridized carbons (Fsp3) is 0.611. The van der Waals surface area contributed by atoms with E-state index in [1.807, 2.05) is 4.90 Å². The number of rotatable bonds is 6. The molecule has 1 saturated carbocycles. The molecule has 2 aliphatic rings. The van der Waals surface area contributed by atoms with E-state index < -0.39 is 18.1 Å². The second kappa shape index (κ2) is 7.59. The molecule has 4 N–H and O–H groups in total. The summed E-state index contributed by atoms with van der Waals surface area (Å²) in [5.41, 5.74) is 7.52. The van der Waals surface area contributed by atoms with Crippen LogP contribution in [0, 0.1) is 0 Å². The number of nitrogens with one attached hydrogen (secondary N) is 1. The number of fused-ring (bicyclic) bond motifs is 1. The molecule has 0 radical (unpaired) electrons. The van der Waals surface area contributed by atoms with E-state index in [-0.39, 0.29) is 18.5 Å². The van der Waals surface area contributed by atoms with Crippen LogP contribution < -0.4 is 15.8 Å². The average Bonchev–Trinajstić information content (AvgIpc) is 3.26. The summed E-state index contributed by atoms with van der Waals surface area (Å²) in [6.45, 7) is 2.09. The van der Waals surface area contributed by atoms with Gasteiger partial charge in [0.15, 0.2) is 0 Å². The normalized spacial score (nSPS) is 19.4. The van der Waals surface area contributed by atoms with Crippen molar-refractivity contribution in [3.8, 4) is 5.88 Å². The Labute approximate surface area is 152 Å². The highest BCUT2D eigenvalue weighted by Crippen LogP contribution is 2.33. The molecule has 2 amide bonds. The third kappa shape index (κ3) is 3.52. The van der Waals surface area contributed by atoms with Crippen LogP contribution in [-0.4, -0.2) is 52.1 Å². The first kappa shape index (κ1) is 18.6. The number of hydrogen-bond acceptors (Lipinski definition) is 6. The largest absolute Gasteiger partial charge is 0.481 e. The zero-order chi connectivity index (χ0) is 18.8. The zero-order valence-electron chi connectivity index (χ0n) is 15.2. The number of aromatic nitrogens is 1. The van der Waals surface area contributed by atoms with E-state index >= 15 is 0 Å². The lowest BCUT2D eigenvalue weighted by Crippen LogP contribution is -2.46. The Morgan fingerprint density at radius 2 is 2.19 bits per heavy atom. The van der Waals surface area contributed by atoms with Gasteiger partial charge < -0.3 is 25.8 Å². The van der Waals surface area contributed by atoms with E-state index in [1.165, 1.54) is 14.0 Å². The molecule has 1 aromatic heterocycles. The molecule has 8 nitrogen and oxygen atoms in total. The van der Waals surface area contributed by atoms with E-state index in [0.717, 1.165) is 31.4 Å². The minimum Gasteiger partial charge on any atom is -0.481 e. The van der Waals surface area contributed by atoms with Crippen LogP contribution in [0.4, 0.5) is 0 Å². The van der Waals surface area contributed by atoms with Gasteiger partial charge >= 0.3 is 0 Å². The number of pyridine rings is 1. The number of amides is 2. The lowest BCUT2D eigenvalue weighted by Gasteiger charge is -2.22. The molecule has 2 heterocycles. The number of nitrogens with zero attached hydrogens (tertiary/aromatic N) is 2. The maximum atomic E-state index is 12.8. The lowest BCUT2D eigenvalue weighted by atomic mass is 10.1. The first-order valence-electron chi connectivity index (χ1n) is 9.01. The Bertz CT molecular complexity index is 701. The molecule has 0 unspecified atom stereocenters. The second-order valence-electron chi connectivity index (χ2n) is 7.01. The average molecular weight is 362 g/mol. The van der Waals surface area contributed by atoms with Crippen molar-refractivity contribution in [3.05, 3.63) is 22.9 Å². The number of methoxy groups -OCH3 is 1. The monoisotopic (exact) mass is 362 g/mol.